The molecule has 1 aromatic carbocycles. The summed E-state index contributed by atoms with van der Waals surface area (Å²) < 4.78 is 39.5. The number of hydrogen-bond donors (Lipinski definition) is 1. The van der Waals surface area contributed by atoms with Gasteiger partial charge < -0.3 is 10.1 Å². The first-order valence-electron chi connectivity index (χ1n) is 5.86. The van der Waals surface area contributed by atoms with Crippen LogP contribution < -0.4 is 10.1 Å². The summed E-state index contributed by atoms with van der Waals surface area (Å²) in [4.78, 5) is 23.0. The fourth-order valence-electron chi connectivity index (χ4n) is 1.28. The monoisotopic (exact) mass is 289 g/mol. The number of benzene rings is 1. The Bertz CT molecular complexity index is 481. The zero-order valence-corrected chi connectivity index (χ0v) is 11.0. The van der Waals surface area contributed by atoms with Gasteiger partial charge in [0.2, 0.25) is 0 Å². The molecule has 20 heavy (non-hydrogen) atoms. The highest BCUT2D eigenvalue weighted by molar-refractivity contribution is 5.97. The largest absolute Gasteiger partial charge is 0.573 e. The molecule has 4 nitrogen and oxygen atoms in total. The summed E-state index contributed by atoms with van der Waals surface area (Å²) >= 11 is 0. The Morgan fingerprint density at radius 3 is 2.20 bits per heavy atom. The number of ketones is 1. The van der Waals surface area contributed by atoms with Crippen LogP contribution in [0, 0.1) is 5.92 Å². The topological polar surface area (TPSA) is 55.4 Å². The van der Waals surface area contributed by atoms with Gasteiger partial charge in [-0.05, 0) is 24.3 Å². The Labute approximate surface area is 113 Å². The van der Waals surface area contributed by atoms with Crippen molar-refractivity contribution in [3.05, 3.63) is 29.8 Å². The van der Waals surface area contributed by atoms with Gasteiger partial charge in [-0.15, -0.1) is 13.2 Å². The van der Waals surface area contributed by atoms with Crippen molar-refractivity contribution in [2.75, 3.05) is 6.54 Å². The lowest BCUT2D eigenvalue weighted by atomic mass is 10.1. The van der Waals surface area contributed by atoms with Crippen LogP contribution in [0.25, 0.3) is 0 Å². The number of rotatable bonds is 5. The number of nitrogens with one attached hydrogen (secondary N) is 1. The van der Waals surface area contributed by atoms with Crippen molar-refractivity contribution < 1.29 is 27.5 Å². The second-order valence-corrected chi connectivity index (χ2v) is 4.38. The van der Waals surface area contributed by atoms with E-state index in [2.05, 4.69) is 10.1 Å². The van der Waals surface area contributed by atoms with Gasteiger partial charge in [0.1, 0.15) is 5.75 Å². The van der Waals surface area contributed by atoms with Gasteiger partial charge in [0.15, 0.2) is 5.78 Å². The van der Waals surface area contributed by atoms with Crippen LogP contribution in [0.15, 0.2) is 24.3 Å². The molecule has 110 valence electrons. The maximum absolute atomic E-state index is 11.9. The second kappa shape index (κ2) is 6.40. The van der Waals surface area contributed by atoms with E-state index in [4.69, 9.17) is 0 Å². The van der Waals surface area contributed by atoms with E-state index < -0.39 is 18.0 Å². The molecule has 1 aromatic rings. The van der Waals surface area contributed by atoms with Crippen molar-refractivity contribution in [2.45, 2.75) is 20.2 Å². The number of alkyl halides is 3. The fraction of sp³-hybridized carbons (Fsp3) is 0.385. The molecule has 1 rings (SSSR count). The molecule has 0 aliphatic rings. The Kier molecular flexibility index (Phi) is 5.12. The van der Waals surface area contributed by atoms with Crippen molar-refractivity contribution in [3.63, 3.8) is 0 Å². The number of carbonyl (C=O) groups is 2. The van der Waals surface area contributed by atoms with Gasteiger partial charge in [-0.3, -0.25) is 9.59 Å². The molecule has 1 N–H and O–H groups in total. The third-order valence-corrected chi connectivity index (χ3v) is 2.42. The Hall–Kier alpha value is -2.05. The van der Waals surface area contributed by atoms with E-state index in [0.717, 1.165) is 12.1 Å². The molecule has 0 saturated heterocycles. The molecule has 0 spiro atoms. The average Bonchev–Trinajstić information content (AvgIpc) is 2.34. The summed E-state index contributed by atoms with van der Waals surface area (Å²) in [7, 11) is 0. The number of amides is 1. The first kappa shape index (κ1) is 16.0. The van der Waals surface area contributed by atoms with E-state index in [1.54, 1.807) is 13.8 Å². The third kappa shape index (κ3) is 5.29. The van der Waals surface area contributed by atoms with Gasteiger partial charge in [-0.2, -0.15) is 0 Å². The molecule has 0 radical (unpaired) electrons. The predicted octanol–water partition coefficient (Wildman–Crippen LogP) is 2.54. The summed E-state index contributed by atoms with van der Waals surface area (Å²) in [6, 6.07) is 4.45. The molecular weight excluding hydrogens is 275 g/mol. The van der Waals surface area contributed by atoms with Gasteiger partial charge in [0.25, 0.3) is 5.91 Å². The minimum Gasteiger partial charge on any atom is -0.406 e. The van der Waals surface area contributed by atoms with Crippen LogP contribution in [0.2, 0.25) is 0 Å². The summed E-state index contributed by atoms with van der Waals surface area (Å²) in [5.74, 6) is -1.27. The Balaban J connectivity index is 2.60. The standard InChI is InChI=1S/C13H14F3NO3/c1-8(2)11(18)7-17-12(19)9-3-5-10(6-4-9)20-13(14,15)16/h3-6,8H,7H2,1-2H3,(H,17,19). The van der Waals surface area contributed by atoms with E-state index in [1.165, 1.54) is 12.1 Å². The molecule has 0 atom stereocenters. The second-order valence-electron chi connectivity index (χ2n) is 4.38. The fourth-order valence-corrected chi connectivity index (χ4v) is 1.28. The Morgan fingerprint density at radius 2 is 1.75 bits per heavy atom. The van der Waals surface area contributed by atoms with Crippen LogP contribution in [-0.2, 0) is 4.79 Å². The van der Waals surface area contributed by atoms with E-state index in [9.17, 15) is 22.8 Å². The van der Waals surface area contributed by atoms with E-state index in [0.29, 0.717) is 0 Å². The minimum atomic E-state index is -4.77. The zero-order chi connectivity index (χ0) is 15.3. The summed E-state index contributed by atoms with van der Waals surface area (Å²) in [5, 5.41) is 2.40. The van der Waals surface area contributed by atoms with E-state index >= 15 is 0 Å². The zero-order valence-electron chi connectivity index (χ0n) is 11.0. The van der Waals surface area contributed by atoms with Crippen LogP contribution in [0.1, 0.15) is 24.2 Å². The normalized spacial score (nSPS) is 11.3. The van der Waals surface area contributed by atoms with Crippen LogP contribution in [0.3, 0.4) is 0 Å². The Morgan fingerprint density at radius 1 is 1.20 bits per heavy atom. The van der Waals surface area contributed by atoms with E-state index in [-0.39, 0.29) is 23.8 Å². The number of Topliss-reactive ketones (excluding diaryl/α,β-unsaturated/α-hetero) is 1. The minimum absolute atomic E-state index is 0.114. The molecule has 0 aliphatic heterocycles. The lowest BCUT2D eigenvalue weighted by Gasteiger charge is -2.09. The SMILES string of the molecule is CC(C)C(=O)CNC(=O)c1ccc(OC(F)(F)F)cc1. The van der Waals surface area contributed by atoms with Gasteiger partial charge in [0, 0.05) is 11.5 Å². The maximum Gasteiger partial charge on any atom is 0.573 e. The smallest absolute Gasteiger partial charge is 0.406 e. The molecular formula is C13H14F3NO3. The molecule has 0 unspecified atom stereocenters. The number of halogens is 3. The molecule has 0 fully saturated rings. The molecule has 0 aromatic heterocycles. The molecule has 1 amide bonds. The predicted molar refractivity (Wildman–Crippen MR) is 65.3 cm³/mol. The van der Waals surface area contributed by atoms with Crippen LogP contribution >= 0.6 is 0 Å². The number of hydrogen-bond acceptors (Lipinski definition) is 3. The van der Waals surface area contributed by atoms with E-state index in [1.807, 2.05) is 0 Å². The van der Waals surface area contributed by atoms with Crippen LogP contribution in [0.5, 0.6) is 5.75 Å². The van der Waals surface area contributed by atoms with Crippen LogP contribution in [-0.4, -0.2) is 24.6 Å². The van der Waals surface area contributed by atoms with Crippen molar-refractivity contribution >= 4 is 11.7 Å². The molecule has 0 bridgehead atoms. The number of ether oxygens (including phenoxy) is 1. The highest BCUT2D eigenvalue weighted by Gasteiger charge is 2.31. The van der Waals surface area contributed by atoms with Crippen molar-refractivity contribution in [2.24, 2.45) is 5.92 Å². The van der Waals surface area contributed by atoms with Crippen molar-refractivity contribution in [3.8, 4) is 5.75 Å². The molecule has 0 aliphatic carbocycles. The van der Waals surface area contributed by atoms with Gasteiger partial charge in [-0.1, -0.05) is 13.8 Å². The maximum atomic E-state index is 11.9. The highest BCUT2D eigenvalue weighted by atomic mass is 19.4. The lowest BCUT2D eigenvalue weighted by molar-refractivity contribution is -0.274. The molecule has 0 saturated carbocycles. The third-order valence-electron chi connectivity index (χ3n) is 2.42. The first-order chi connectivity index (χ1) is 9.19. The quantitative estimate of drug-likeness (QED) is 0.906. The summed E-state index contributed by atoms with van der Waals surface area (Å²) in [5.41, 5.74) is 0.149. The molecule has 7 heteroatoms. The van der Waals surface area contributed by atoms with Gasteiger partial charge in [0.05, 0.1) is 6.54 Å². The highest BCUT2D eigenvalue weighted by Crippen LogP contribution is 2.22. The summed E-state index contributed by atoms with van der Waals surface area (Å²) in [6.07, 6.45) is -4.77. The lowest BCUT2D eigenvalue weighted by Crippen LogP contribution is -2.31. The van der Waals surface area contributed by atoms with Gasteiger partial charge >= 0.3 is 6.36 Å². The van der Waals surface area contributed by atoms with Crippen LogP contribution in [0.4, 0.5) is 13.2 Å². The van der Waals surface area contributed by atoms with Crippen molar-refractivity contribution in [1.82, 2.24) is 5.32 Å². The average molecular weight is 289 g/mol. The number of carbonyl (C=O) groups excluding carboxylic acids is 2. The summed E-state index contributed by atoms with van der Waals surface area (Å²) in [6.45, 7) is 3.30. The molecule has 0 heterocycles. The van der Waals surface area contributed by atoms with Crippen molar-refractivity contribution in [1.29, 1.82) is 0 Å². The van der Waals surface area contributed by atoms with Gasteiger partial charge in [-0.25, -0.2) is 0 Å². The first-order valence-corrected chi connectivity index (χ1v) is 5.86.